The maximum absolute atomic E-state index is 13.0. The largest absolute Gasteiger partial charge is 0.466 e. The van der Waals surface area contributed by atoms with E-state index >= 15 is 0 Å². The van der Waals surface area contributed by atoms with Crippen molar-refractivity contribution >= 4 is 5.97 Å². The lowest BCUT2D eigenvalue weighted by molar-refractivity contribution is -0.153. The summed E-state index contributed by atoms with van der Waals surface area (Å²) in [4.78, 5) is 15.5. The van der Waals surface area contributed by atoms with Crippen LogP contribution in [-0.2, 0) is 16.0 Å². The van der Waals surface area contributed by atoms with Gasteiger partial charge in [-0.1, -0.05) is 0 Å². The first kappa shape index (κ1) is 13.6. The molecule has 0 bridgehead atoms. The molecule has 1 aromatic rings. The Morgan fingerprint density at radius 2 is 2.29 bits per heavy atom. The summed E-state index contributed by atoms with van der Waals surface area (Å²) in [5.74, 6) is -0.794. The van der Waals surface area contributed by atoms with Crippen LogP contribution in [0.3, 0.4) is 0 Å². The molecule has 0 aromatic carbocycles. The SMILES string of the molecule is CCOC(=O)C(C)(CN)Cc1cncc(F)c1. The molecule has 2 N–H and O–H groups in total. The van der Waals surface area contributed by atoms with Gasteiger partial charge in [-0.05, 0) is 31.9 Å². The van der Waals surface area contributed by atoms with Crippen molar-refractivity contribution in [1.29, 1.82) is 0 Å². The van der Waals surface area contributed by atoms with E-state index < -0.39 is 11.2 Å². The maximum atomic E-state index is 13.0. The number of aromatic nitrogens is 1. The third-order valence-corrected chi connectivity index (χ3v) is 2.57. The van der Waals surface area contributed by atoms with E-state index in [2.05, 4.69) is 4.98 Å². The highest BCUT2D eigenvalue weighted by molar-refractivity contribution is 5.77. The summed E-state index contributed by atoms with van der Waals surface area (Å²) >= 11 is 0. The second-order valence-corrected chi connectivity index (χ2v) is 4.17. The summed E-state index contributed by atoms with van der Waals surface area (Å²) in [7, 11) is 0. The van der Waals surface area contributed by atoms with Gasteiger partial charge in [0.25, 0.3) is 0 Å². The fourth-order valence-corrected chi connectivity index (χ4v) is 1.54. The summed E-state index contributed by atoms with van der Waals surface area (Å²) in [5.41, 5.74) is 5.40. The van der Waals surface area contributed by atoms with E-state index in [-0.39, 0.29) is 12.5 Å². The van der Waals surface area contributed by atoms with Crippen LogP contribution in [0.15, 0.2) is 18.5 Å². The number of carbonyl (C=O) groups is 1. The van der Waals surface area contributed by atoms with E-state index in [0.717, 1.165) is 6.20 Å². The summed E-state index contributed by atoms with van der Waals surface area (Å²) in [6, 6.07) is 1.35. The monoisotopic (exact) mass is 240 g/mol. The molecule has 0 aliphatic rings. The van der Waals surface area contributed by atoms with Crippen LogP contribution >= 0.6 is 0 Å². The Labute approximate surface area is 100.0 Å². The van der Waals surface area contributed by atoms with Gasteiger partial charge in [0, 0.05) is 12.7 Å². The van der Waals surface area contributed by atoms with E-state index in [1.807, 2.05) is 0 Å². The van der Waals surface area contributed by atoms with Gasteiger partial charge in [-0.25, -0.2) is 4.39 Å². The average Bonchev–Trinajstić information content (AvgIpc) is 2.29. The summed E-state index contributed by atoms with van der Waals surface area (Å²) in [6.07, 6.45) is 2.96. The molecule has 4 nitrogen and oxygen atoms in total. The molecular weight excluding hydrogens is 223 g/mol. The van der Waals surface area contributed by atoms with Crippen molar-refractivity contribution in [3.05, 3.63) is 29.8 Å². The van der Waals surface area contributed by atoms with Crippen LogP contribution in [0.5, 0.6) is 0 Å². The molecule has 1 heterocycles. The second-order valence-electron chi connectivity index (χ2n) is 4.17. The van der Waals surface area contributed by atoms with Gasteiger partial charge in [0.05, 0.1) is 18.2 Å². The van der Waals surface area contributed by atoms with Gasteiger partial charge in [-0.2, -0.15) is 0 Å². The number of ether oxygens (including phenoxy) is 1. The smallest absolute Gasteiger partial charge is 0.313 e. The van der Waals surface area contributed by atoms with Crippen LogP contribution in [0, 0.1) is 11.2 Å². The third kappa shape index (κ3) is 3.49. The quantitative estimate of drug-likeness (QED) is 0.788. The van der Waals surface area contributed by atoms with Crippen molar-refractivity contribution in [2.75, 3.05) is 13.2 Å². The van der Waals surface area contributed by atoms with Crippen LogP contribution in [0.25, 0.3) is 0 Å². The molecular formula is C12H17FN2O2. The first-order valence-electron chi connectivity index (χ1n) is 5.48. The minimum Gasteiger partial charge on any atom is -0.466 e. The van der Waals surface area contributed by atoms with Crippen molar-refractivity contribution in [3.8, 4) is 0 Å². The summed E-state index contributed by atoms with van der Waals surface area (Å²) in [6.45, 7) is 3.88. The van der Waals surface area contributed by atoms with Gasteiger partial charge in [0.1, 0.15) is 5.82 Å². The van der Waals surface area contributed by atoms with E-state index in [1.165, 1.54) is 12.3 Å². The van der Waals surface area contributed by atoms with Crippen LogP contribution in [0.1, 0.15) is 19.4 Å². The molecule has 5 heteroatoms. The van der Waals surface area contributed by atoms with Crippen molar-refractivity contribution in [2.45, 2.75) is 20.3 Å². The molecule has 0 amide bonds. The number of rotatable bonds is 5. The molecule has 94 valence electrons. The lowest BCUT2D eigenvalue weighted by atomic mass is 9.84. The number of hydrogen-bond acceptors (Lipinski definition) is 4. The number of halogens is 1. The van der Waals surface area contributed by atoms with Crippen LogP contribution in [0.4, 0.5) is 4.39 Å². The number of pyridine rings is 1. The van der Waals surface area contributed by atoms with Crippen LogP contribution < -0.4 is 5.73 Å². The fraction of sp³-hybridized carbons (Fsp3) is 0.500. The van der Waals surface area contributed by atoms with E-state index in [1.54, 1.807) is 13.8 Å². The summed E-state index contributed by atoms with van der Waals surface area (Å²) in [5, 5.41) is 0. The van der Waals surface area contributed by atoms with Crippen LogP contribution in [0.2, 0.25) is 0 Å². The van der Waals surface area contributed by atoms with Crippen molar-refractivity contribution in [1.82, 2.24) is 4.98 Å². The van der Waals surface area contributed by atoms with Gasteiger partial charge >= 0.3 is 5.97 Å². The van der Waals surface area contributed by atoms with E-state index in [4.69, 9.17) is 10.5 Å². The van der Waals surface area contributed by atoms with Crippen molar-refractivity contribution < 1.29 is 13.9 Å². The van der Waals surface area contributed by atoms with Gasteiger partial charge in [-0.3, -0.25) is 9.78 Å². The third-order valence-electron chi connectivity index (χ3n) is 2.57. The lowest BCUT2D eigenvalue weighted by Gasteiger charge is -2.25. The molecule has 1 rings (SSSR count). The molecule has 0 aliphatic carbocycles. The maximum Gasteiger partial charge on any atom is 0.313 e. The topological polar surface area (TPSA) is 65.2 Å². The predicted octanol–water partition coefficient (Wildman–Crippen LogP) is 1.29. The van der Waals surface area contributed by atoms with Crippen LogP contribution in [-0.4, -0.2) is 24.1 Å². The molecule has 17 heavy (non-hydrogen) atoms. The van der Waals surface area contributed by atoms with Crippen molar-refractivity contribution in [3.63, 3.8) is 0 Å². The molecule has 1 aromatic heterocycles. The first-order chi connectivity index (χ1) is 8.01. The Morgan fingerprint density at radius 3 is 2.82 bits per heavy atom. The molecule has 0 saturated carbocycles. The van der Waals surface area contributed by atoms with E-state index in [9.17, 15) is 9.18 Å². The molecule has 1 atom stereocenters. The fourth-order valence-electron chi connectivity index (χ4n) is 1.54. The Bertz CT molecular complexity index is 398. The molecule has 0 saturated heterocycles. The highest BCUT2D eigenvalue weighted by atomic mass is 19.1. The molecule has 0 fully saturated rings. The average molecular weight is 240 g/mol. The number of hydrogen-bond donors (Lipinski definition) is 1. The predicted molar refractivity (Wildman–Crippen MR) is 61.7 cm³/mol. The Morgan fingerprint density at radius 1 is 1.59 bits per heavy atom. The standard InChI is InChI=1S/C12H17FN2O2/c1-3-17-11(16)12(2,8-14)5-9-4-10(13)7-15-6-9/h4,6-7H,3,5,8,14H2,1-2H3. The number of esters is 1. The Kier molecular flexibility index (Phi) is 4.57. The van der Waals surface area contributed by atoms with E-state index in [0.29, 0.717) is 18.6 Å². The normalized spacial score (nSPS) is 14.1. The number of carbonyl (C=O) groups excluding carboxylic acids is 1. The minimum atomic E-state index is -0.842. The number of nitrogens with two attached hydrogens (primary N) is 1. The first-order valence-corrected chi connectivity index (χ1v) is 5.48. The summed E-state index contributed by atoms with van der Waals surface area (Å²) < 4.78 is 18.0. The Balaban J connectivity index is 2.85. The zero-order chi connectivity index (χ0) is 12.9. The second kappa shape index (κ2) is 5.72. The zero-order valence-electron chi connectivity index (χ0n) is 10.1. The molecule has 1 unspecified atom stereocenters. The zero-order valence-corrected chi connectivity index (χ0v) is 10.1. The Hall–Kier alpha value is -1.49. The van der Waals surface area contributed by atoms with Crippen molar-refractivity contribution in [2.24, 2.45) is 11.1 Å². The number of nitrogens with zero attached hydrogens (tertiary/aromatic N) is 1. The highest BCUT2D eigenvalue weighted by Crippen LogP contribution is 2.23. The molecule has 0 aliphatic heterocycles. The molecule has 0 spiro atoms. The van der Waals surface area contributed by atoms with Gasteiger partial charge in [0.2, 0.25) is 0 Å². The van der Waals surface area contributed by atoms with Gasteiger partial charge in [0.15, 0.2) is 0 Å². The molecule has 0 radical (unpaired) electrons. The lowest BCUT2D eigenvalue weighted by Crippen LogP contribution is -2.39. The highest BCUT2D eigenvalue weighted by Gasteiger charge is 2.33. The van der Waals surface area contributed by atoms with Gasteiger partial charge < -0.3 is 10.5 Å². The van der Waals surface area contributed by atoms with Gasteiger partial charge in [-0.15, -0.1) is 0 Å². The minimum absolute atomic E-state index is 0.141.